The maximum atomic E-state index is 13.4. The van der Waals surface area contributed by atoms with Crippen molar-refractivity contribution in [3.05, 3.63) is 0 Å². The second-order valence-electron chi connectivity index (χ2n) is 20.0. The fourth-order valence-electron chi connectivity index (χ4n) is 7.69. The maximum absolute atomic E-state index is 13.4. The molecule has 87 heavy (non-hydrogen) atoms. The van der Waals surface area contributed by atoms with Crippen molar-refractivity contribution in [1.82, 2.24) is 41.7 Å². The maximum Gasteiger partial charge on any atom is 0.233 e. The summed E-state index contributed by atoms with van der Waals surface area (Å²) in [6.45, 7) is 17.5. The van der Waals surface area contributed by atoms with E-state index < -0.39 is 0 Å². The number of hydrogen-bond donors (Lipinski definition) is 6. The van der Waals surface area contributed by atoms with Gasteiger partial charge in [0.15, 0.2) is 0 Å². The SMILES string of the molecule is CCCC(=O)NCCOCCC(=O)NCCOCCC(=O)NCCOCCOCCOCCOCCN(CCOCCOCCOCCOCCNC(=O)CCOCCNC(=O)CCOCCNC(=O)CCC)C(=O)CCN1C(=O)CC(C(C)C)C1=O. The normalized spacial score (nSPS) is 13.1. The lowest BCUT2D eigenvalue weighted by atomic mass is 9.94. The first kappa shape index (κ1) is 80.0. The number of rotatable bonds is 62. The van der Waals surface area contributed by atoms with Crippen LogP contribution in [0.3, 0.4) is 0 Å². The summed E-state index contributed by atoms with van der Waals surface area (Å²) >= 11 is 0. The molecule has 0 aromatic rings. The molecule has 504 valence electrons. The van der Waals surface area contributed by atoms with E-state index in [1.165, 1.54) is 4.90 Å². The van der Waals surface area contributed by atoms with Crippen LogP contribution in [0.1, 0.15) is 91.9 Å². The molecule has 0 aromatic carbocycles. The van der Waals surface area contributed by atoms with Crippen LogP contribution in [0.25, 0.3) is 0 Å². The number of carbonyl (C=O) groups excluding carboxylic acids is 9. The Morgan fingerprint density at radius 3 is 0.897 bits per heavy atom. The molecule has 6 N–H and O–H groups in total. The molecule has 1 fully saturated rings. The summed E-state index contributed by atoms with van der Waals surface area (Å²) in [7, 11) is 0. The monoisotopic (exact) mass is 1250 g/mol. The zero-order valence-electron chi connectivity index (χ0n) is 52.5. The van der Waals surface area contributed by atoms with Gasteiger partial charge in [-0.05, 0) is 18.8 Å². The molecule has 0 aliphatic carbocycles. The molecule has 0 saturated carbocycles. The fourth-order valence-corrected chi connectivity index (χ4v) is 7.69. The van der Waals surface area contributed by atoms with E-state index in [4.69, 9.17) is 56.8 Å². The number of nitrogens with one attached hydrogen (secondary N) is 6. The van der Waals surface area contributed by atoms with Crippen LogP contribution >= 0.6 is 0 Å². The van der Waals surface area contributed by atoms with Gasteiger partial charge in [0.1, 0.15) is 0 Å². The highest BCUT2D eigenvalue weighted by molar-refractivity contribution is 6.03. The first-order chi connectivity index (χ1) is 42.3. The zero-order valence-corrected chi connectivity index (χ0v) is 52.5. The Kier molecular flexibility index (Phi) is 52.8. The Morgan fingerprint density at radius 2 is 0.632 bits per heavy atom. The van der Waals surface area contributed by atoms with Crippen molar-refractivity contribution in [2.45, 2.75) is 91.9 Å². The van der Waals surface area contributed by atoms with Crippen molar-refractivity contribution < 1.29 is 100.0 Å². The van der Waals surface area contributed by atoms with Gasteiger partial charge in [-0.3, -0.25) is 48.1 Å². The first-order valence-corrected chi connectivity index (χ1v) is 30.9. The molecule has 0 spiro atoms. The highest BCUT2D eigenvalue weighted by Crippen LogP contribution is 2.26. The van der Waals surface area contributed by atoms with E-state index in [1.807, 2.05) is 27.7 Å². The Labute approximate surface area is 514 Å². The minimum atomic E-state index is -0.376. The molecule has 1 atom stereocenters. The fraction of sp³-hybridized carbons (Fsp3) is 0.845. The molecule has 1 heterocycles. The van der Waals surface area contributed by atoms with Crippen LogP contribution in [-0.4, -0.2) is 280 Å². The number of imide groups is 1. The summed E-state index contributed by atoms with van der Waals surface area (Å²) in [5.74, 6) is -1.82. The molecular formula is C58H106N8O21. The summed E-state index contributed by atoms with van der Waals surface area (Å²) in [5, 5.41) is 16.4. The highest BCUT2D eigenvalue weighted by Gasteiger charge is 2.40. The smallest absolute Gasteiger partial charge is 0.233 e. The van der Waals surface area contributed by atoms with E-state index >= 15 is 0 Å². The number of likely N-dealkylation sites (tertiary alicyclic amines) is 1. The number of amides is 9. The minimum absolute atomic E-state index is 0.0127. The minimum Gasteiger partial charge on any atom is -0.379 e. The Balaban J connectivity index is 2.09. The van der Waals surface area contributed by atoms with Crippen LogP contribution in [0.15, 0.2) is 0 Å². The number of ether oxygens (including phenoxy) is 12. The summed E-state index contributed by atoms with van der Waals surface area (Å²) in [5.41, 5.74) is 0. The average Bonchev–Trinajstić information content (AvgIpc) is 2.88. The van der Waals surface area contributed by atoms with Crippen LogP contribution in [0.5, 0.6) is 0 Å². The lowest BCUT2D eigenvalue weighted by molar-refractivity contribution is -0.141. The van der Waals surface area contributed by atoms with Crippen LogP contribution in [0.2, 0.25) is 0 Å². The summed E-state index contributed by atoms with van der Waals surface area (Å²) < 4.78 is 66.3. The zero-order chi connectivity index (χ0) is 63.6. The lowest BCUT2D eigenvalue weighted by Crippen LogP contribution is -2.40. The summed E-state index contributed by atoms with van der Waals surface area (Å²) in [4.78, 5) is 112. The van der Waals surface area contributed by atoms with Gasteiger partial charge in [0.25, 0.3) is 0 Å². The molecule has 1 rings (SSSR count). The topological polar surface area (TPSA) is 343 Å². The van der Waals surface area contributed by atoms with Crippen molar-refractivity contribution in [3.8, 4) is 0 Å². The third kappa shape index (κ3) is 48.5. The van der Waals surface area contributed by atoms with Crippen LogP contribution in [-0.2, 0) is 100.0 Å². The van der Waals surface area contributed by atoms with Crippen molar-refractivity contribution in [2.24, 2.45) is 11.8 Å². The van der Waals surface area contributed by atoms with Gasteiger partial charge in [0, 0.05) is 116 Å². The molecule has 0 radical (unpaired) electrons. The van der Waals surface area contributed by atoms with E-state index in [0.717, 1.165) is 12.8 Å². The van der Waals surface area contributed by atoms with Crippen molar-refractivity contribution in [1.29, 1.82) is 0 Å². The third-order valence-corrected chi connectivity index (χ3v) is 12.5. The van der Waals surface area contributed by atoms with Crippen LogP contribution < -0.4 is 31.9 Å². The summed E-state index contributed by atoms with van der Waals surface area (Å²) in [6.07, 6.45) is 3.41. The van der Waals surface area contributed by atoms with E-state index in [1.54, 1.807) is 4.90 Å². The van der Waals surface area contributed by atoms with Gasteiger partial charge in [-0.15, -0.1) is 0 Å². The molecular weight excluding hydrogens is 1140 g/mol. The van der Waals surface area contributed by atoms with Gasteiger partial charge in [-0.2, -0.15) is 0 Å². The number of carbonyl (C=O) groups is 9. The molecule has 9 amide bonds. The average molecular weight is 1250 g/mol. The lowest BCUT2D eigenvalue weighted by Gasteiger charge is -2.24. The first-order valence-electron chi connectivity index (χ1n) is 30.9. The van der Waals surface area contributed by atoms with Gasteiger partial charge in [0.05, 0.1) is 159 Å². The number of hydrogen-bond acceptors (Lipinski definition) is 21. The van der Waals surface area contributed by atoms with Gasteiger partial charge >= 0.3 is 0 Å². The van der Waals surface area contributed by atoms with Gasteiger partial charge in [-0.1, -0.05) is 27.7 Å². The molecule has 0 aromatic heterocycles. The third-order valence-electron chi connectivity index (χ3n) is 12.5. The highest BCUT2D eigenvalue weighted by atomic mass is 16.6. The second-order valence-corrected chi connectivity index (χ2v) is 20.0. The van der Waals surface area contributed by atoms with Crippen LogP contribution in [0.4, 0.5) is 0 Å². The van der Waals surface area contributed by atoms with E-state index in [-0.39, 0.29) is 189 Å². The van der Waals surface area contributed by atoms with Crippen LogP contribution in [0, 0.1) is 11.8 Å². The standard InChI is InChI=1S/C58H106N8O21/c1-5-7-50(67)59-14-27-76-23-10-52(69)61-16-29-78-25-12-54(71)63-18-31-80-35-39-84-43-45-86-41-37-82-33-21-65(56(73)9-20-66-57(74)47-49(48(3)4)58(66)75)22-34-83-38-42-87-46-44-85-40-36-81-32-19-64-55(72)13-26-79-30-17-62-53(70)11-24-77-28-15-60-51(68)8-6-2/h48-49H,5-47H2,1-4H3,(H,59,67)(H,60,68)(H,61,69)(H,62,70)(H,63,71)(H,64,72). The summed E-state index contributed by atoms with van der Waals surface area (Å²) in [6, 6.07) is 0. The molecule has 29 heteroatoms. The van der Waals surface area contributed by atoms with Crippen molar-refractivity contribution in [2.75, 3.05) is 217 Å². The Hall–Kier alpha value is -5.05. The molecule has 1 unspecified atom stereocenters. The molecule has 1 aliphatic rings. The van der Waals surface area contributed by atoms with E-state index in [2.05, 4.69) is 31.9 Å². The molecule has 29 nitrogen and oxygen atoms in total. The van der Waals surface area contributed by atoms with E-state index in [0.29, 0.717) is 145 Å². The van der Waals surface area contributed by atoms with Gasteiger partial charge in [0.2, 0.25) is 53.2 Å². The Bertz CT molecular complexity index is 1750. The van der Waals surface area contributed by atoms with Crippen molar-refractivity contribution >= 4 is 53.2 Å². The quantitative estimate of drug-likeness (QED) is 0.0324. The Morgan fingerprint density at radius 1 is 0.379 bits per heavy atom. The van der Waals surface area contributed by atoms with Crippen molar-refractivity contribution in [3.63, 3.8) is 0 Å². The van der Waals surface area contributed by atoms with E-state index in [9.17, 15) is 43.2 Å². The second kappa shape index (κ2) is 57.4. The predicted molar refractivity (Wildman–Crippen MR) is 317 cm³/mol. The molecule has 1 saturated heterocycles. The molecule has 1 aliphatic heterocycles. The molecule has 0 bridgehead atoms. The number of nitrogens with zero attached hydrogens (tertiary/aromatic N) is 2. The van der Waals surface area contributed by atoms with Gasteiger partial charge < -0.3 is 93.6 Å². The van der Waals surface area contributed by atoms with Gasteiger partial charge in [-0.25, -0.2) is 0 Å². The predicted octanol–water partition coefficient (Wildman–Crippen LogP) is -0.707. The largest absolute Gasteiger partial charge is 0.379 e.